The van der Waals surface area contributed by atoms with Gasteiger partial charge in [0.15, 0.2) is 0 Å². The van der Waals surface area contributed by atoms with E-state index in [2.05, 4.69) is 5.32 Å². The molecule has 2 aromatic carbocycles. The topological polar surface area (TPSA) is 93.4 Å². The van der Waals surface area contributed by atoms with Crippen molar-refractivity contribution in [3.05, 3.63) is 54.6 Å². The van der Waals surface area contributed by atoms with Gasteiger partial charge < -0.3 is 15.8 Å². The molecule has 0 aliphatic carbocycles. The number of ether oxygens (including phenoxy) is 1. The van der Waals surface area contributed by atoms with Gasteiger partial charge in [-0.15, -0.1) is 0 Å². The van der Waals surface area contributed by atoms with Gasteiger partial charge >= 0.3 is 6.03 Å². The summed E-state index contributed by atoms with van der Waals surface area (Å²) in [5.41, 5.74) is 5.63. The molecular weight excluding hydrogens is 282 g/mol. The summed E-state index contributed by atoms with van der Waals surface area (Å²) in [6.45, 7) is 1.63. The van der Waals surface area contributed by atoms with Crippen LogP contribution in [0.15, 0.2) is 54.6 Å². The zero-order valence-corrected chi connectivity index (χ0v) is 12.1. The smallest absolute Gasteiger partial charge is 0.318 e. The number of carbonyl (C=O) groups is 2. The number of nitrogens with two attached hydrogens (primary N) is 1. The summed E-state index contributed by atoms with van der Waals surface area (Å²) in [6.07, 6.45) is 0. The number of carbonyl (C=O) groups excluding carboxylic acids is 2. The van der Waals surface area contributed by atoms with Crippen LogP contribution in [0, 0.1) is 0 Å². The van der Waals surface area contributed by atoms with Gasteiger partial charge in [-0.25, -0.2) is 4.79 Å². The zero-order chi connectivity index (χ0) is 15.9. The van der Waals surface area contributed by atoms with E-state index >= 15 is 0 Å². The van der Waals surface area contributed by atoms with Gasteiger partial charge in [0.05, 0.1) is 0 Å². The van der Waals surface area contributed by atoms with Crippen LogP contribution in [-0.4, -0.2) is 18.0 Å². The molecule has 0 bridgehead atoms. The number of primary amides is 1. The third-order valence-corrected chi connectivity index (χ3v) is 2.86. The van der Waals surface area contributed by atoms with Gasteiger partial charge in [-0.2, -0.15) is 0 Å². The first-order chi connectivity index (χ1) is 10.5. The van der Waals surface area contributed by atoms with Crippen molar-refractivity contribution in [2.75, 3.05) is 5.32 Å². The van der Waals surface area contributed by atoms with Crippen molar-refractivity contribution >= 4 is 17.6 Å². The molecule has 4 N–H and O–H groups in total. The number of hydrogen-bond acceptors (Lipinski definition) is 4. The number of rotatable bonds is 5. The quantitative estimate of drug-likeness (QED) is 0.790. The lowest BCUT2D eigenvalue weighted by Crippen LogP contribution is -2.43. The Morgan fingerprint density at radius 1 is 1.00 bits per heavy atom. The lowest BCUT2D eigenvalue weighted by atomic mass is 10.2. The summed E-state index contributed by atoms with van der Waals surface area (Å²) < 4.78 is 5.67. The van der Waals surface area contributed by atoms with Crippen LogP contribution in [0.4, 0.5) is 10.5 Å². The van der Waals surface area contributed by atoms with Crippen molar-refractivity contribution < 1.29 is 14.3 Å². The number of benzene rings is 2. The SMILES string of the molecule is CC(Nc1ccc(Oc2ccccc2)cc1)C(=O)NC(N)=O. The molecule has 3 amide bonds. The lowest BCUT2D eigenvalue weighted by Gasteiger charge is -2.14. The Morgan fingerprint density at radius 3 is 2.18 bits per heavy atom. The molecule has 0 heterocycles. The van der Waals surface area contributed by atoms with Crippen molar-refractivity contribution in [2.24, 2.45) is 5.73 Å². The fourth-order valence-electron chi connectivity index (χ4n) is 1.79. The Labute approximate surface area is 128 Å². The molecule has 0 saturated carbocycles. The van der Waals surface area contributed by atoms with E-state index in [1.165, 1.54) is 0 Å². The van der Waals surface area contributed by atoms with E-state index in [1.807, 2.05) is 35.6 Å². The third-order valence-electron chi connectivity index (χ3n) is 2.86. The number of imide groups is 1. The first-order valence-corrected chi connectivity index (χ1v) is 6.74. The molecule has 0 radical (unpaired) electrons. The number of anilines is 1. The number of nitrogens with one attached hydrogen (secondary N) is 2. The monoisotopic (exact) mass is 299 g/mol. The molecule has 0 aliphatic rings. The van der Waals surface area contributed by atoms with Crippen LogP contribution < -0.4 is 21.1 Å². The maximum absolute atomic E-state index is 11.6. The molecule has 2 aromatic rings. The highest BCUT2D eigenvalue weighted by atomic mass is 16.5. The molecule has 6 nitrogen and oxygen atoms in total. The van der Waals surface area contributed by atoms with Crippen molar-refractivity contribution in [1.82, 2.24) is 5.32 Å². The highest BCUT2D eigenvalue weighted by Crippen LogP contribution is 2.22. The fourth-order valence-corrected chi connectivity index (χ4v) is 1.79. The van der Waals surface area contributed by atoms with Gasteiger partial charge in [-0.3, -0.25) is 10.1 Å². The van der Waals surface area contributed by atoms with E-state index < -0.39 is 18.0 Å². The molecule has 0 spiro atoms. The van der Waals surface area contributed by atoms with Crippen LogP contribution in [0.1, 0.15) is 6.92 Å². The Morgan fingerprint density at radius 2 is 1.59 bits per heavy atom. The minimum atomic E-state index is -0.870. The van der Waals surface area contributed by atoms with Crippen molar-refractivity contribution in [2.45, 2.75) is 13.0 Å². The normalized spacial score (nSPS) is 11.3. The summed E-state index contributed by atoms with van der Waals surface area (Å²) in [6, 6.07) is 15.1. The molecule has 114 valence electrons. The molecule has 1 atom stereocenters. The summed E-state index contributed by atoms with van der Waals surface area (Å²) in [5, 5.41) is 4.98. The highest BCUT2D eigenvalue weighted by molar-refractivity contribution is 5.97. The summed E-state index contributed by atoms with van der Waals surface area (Å²) in [5.74, 6) is 0.945. The van der Waals surface area contributed by atoms with Crippen molar-refractivity contribution in [3.63, 3.8) is 0 Å². The molecule has 22 heavy (non-hydrogen) atoms. The Kier molecular flexibility index (Phi) is 4.98. The summed E-state index contributed by atoms with van der Waals surface area (Å²) >= 11 is 0. The summed E-state index contributed by atoms with van der Waals surface area (Å²) in [7, 11) is 0. The second-order valence-electron chi connectivity index (χ2n) is 4.66. The highest BCUT2D eigenvalue weighted by Gasteiger charge is 2.13. The van der Waals surface area contributed by atoms with Gasteiger partial charge in [0, 0.05) is 5.69 Å². The fraction of sp³-hybridized carbons (Fsp3) is 0.125. The second-order valence-corrected chi connectivity index (χ2v) is 4.66. The Balaban J connectivity index is 1.94. The molecule has 6 heteroatoms. The van der Waals surface area contributed by atoms with E-state index in [1.54, 1.807) is 31.2 Å². The largest absolute Gasteiger partial charge is 0.457 e. The minimum absolute atomic E-state index is 0.489. The van der Waals surface area contributed by atoms with Crippen molar-refractivity contribution in [3.8, 4) is 11.5 Å². The standard InChI is InChI=1S/C16H17N3O3/c1-11(15(20)19-16(17)21)18-12-7-9-14(10-8-12)22-13-5-3-2-4-6-13/h2-11,18H,1H3,(H3,17,19,20,21). The minimum Gasteiger partial charge on any atom is -0.457 e. The van der Waals surface area contributed by atoms with Crippen LogP contribution in [0.5, 0.6) is 11.5 Å². The number of hydrogen-bond donors (Lipinski definition) is 3. The van der Waals surface area contributed by atoms with Gasteiger partial charge in [-0.1, -0.05) is 18.2 Å². The van der Waals surface area contributed by atoms with Gasteiger partial charge in [0.2, 0.25) is 5.91 Å². The van der Waals surface area contributed by atoms with E-state index in [0.717, 1.165) is 11.4 Å². The third kappa shape index (κ3) is 4.52. The first-order valence-electron chi connectivity index (χ1n) is 6.74. The predicted octanol–water partition coefficient (Wildman–Crippen LogP) is 2.47. The molecule has 0 fully saturated rings. The average Bonchev–Trinajstić information content (AvgIpc) is 2.49. The molecule has 0 aliphatic heterocycles. The Bertz CT molecular complexity index is 641. The lowest BCUT2D eigenvalue weighted by molar-refractivity contribution is -0.120. The van der Waals surface area contributed by atoms with Gasteiger partial charge in [0.25, 0.3) is 0 Å². The molecular formula is C16H17N3O3. The van der Waals surface area contributed by atoms with E-state index in [4.69, 9.17) is 10.5 Å². The molecule has 0 saturated heterocycles. The number of amides is 3. The van der Waals surface area contributed by atoms with Gasteiger partial charge in [-0.05, 0) is 43.3 Å². The van der Waals surface area contributed by atoms with Crippen LogP contribution in [0.2, 0.25) is 0 Å². The van der Waals surface area contributed by atoms with Crippen LogP contribution >= 0.6 is 0 Å². The van der Waals surface area contributed by atoms with E-state index in [9.17, 15) is 9.59 Å². The van der Waals surface area contributed by atoms with E-state index in [0.29, 0.717) is 5.75 Å². The Hall–Kier alpha value is -3.02. The van der Waals surface area contributed by atoms with E-state index in [-0.39, 0.29) is 0 Å². The molecule has 1 unspecified atom stereocenters. The number of para-hydroxylation sites is 1. The second kappa shape index (κ2) is 7.12. The molecule has 0 aromatic heterocycles. The predicted molar refractivity (Wildman–Crippen MR) is 83.8 cm³/mol. The number of urea groups is 1. The molecule has 2 rings (SSSR count). The van der Waals surface area contributed by atoms with Gasteiger partial charge in [0.1, 0.15) is 17.5 Å². The van der Waals surface area contributed by atoms with Crippen molar-refractivity contribution in [1.29, 1.82) is 0 Å². The van der Waals surface area contributed by atoms with Crippen LogP contribution in [0.25, 0.3) is 0 Å². The maximum Gasteiger partial charge on any atom is 0.318 e. The van der Waals surface area contributed by atoms with Crippen LogP contribution in [0.3, 0.4) is 0 Å². The summed E-state index contributed by atoms with van der Waals surface area (Å²) in [4.78, 5) is 22.2. The average molecular weight is 299 g/mol. The van der Waals surface area contributed by atoms with Crippen LogP contribution in [-0.2, 0) is 4.79 Å². The zero-order valence-electron chi connectivity index (χ0n) is 12.1. The maximum atomic E-state index is 11.6. The first kappa shape index (κ1) is 15.4.